The highest BCUT2D eigenvalue weighted by molar-refractivity contribution is 7.89. The van der Waals surface area contributed by atoms with Crippen molar-refractivity contribution in [2.75, 3.05) is 19.6 Å². The number of carbonyl (C=O) groups excluding carboxylic acids is 1. The predicted molar refractivity (Wildman–Crippen MR) is 81.1 cm³/mol. The van der Waals surface area contributed by atoms with Crippen LogP contribution >= 0.6 is 0 Å². The van der Waals surface area contributed by atoms with E-state index in [0.29, 0.717) is 13.0 Å². The monoisotopic (exact) mass is 338 g/mol. The summed E-state index contributed by atoms with van der Waals surface area (Å²) in [4.78, 5) is 24.8. The lowest BCUT2D eigenvalue weighted by molar-refractivity contribution is -0.141. The molecule has 2 heterocycles. The van der Waals surface area contributed by atoms with Gasteiger partial charge in [0.25, 0.3) is 0 Å². The van der Waals surface area contributed by atoms with Gasteiger partial charge in [0.1, 0.15) is 0 Å². The molecule has 2 aliphatic rings. The third kappa shape index (κ3) is 2.96. The Morgan fingerprint density at radius 3 is 2.48 bits per heavy atom. The Labute approximate surface area is 134 Å². The van der Waals surface area contributed by atoms with Crippen molar-refractivity contribution in [2.24, 2.45) is 5.92 Å². The van der Waals surface area contributed by atoms with Crippen LogP contribution in [0.4, 0.5) is 0 Å². The van der Waals surface area contributed by atoms with Gasteiger partial charge in [0.05, 0.1) is 10.8 Å². The van der Waals surface area contributed by atoms with Gasteiger partial charge in [0.15, 0.2) is 0 Å². The molecule has 1 aromatic carbocycles. The number of carboxylic acids is 1. The molecular weight excluding hydrogens is 320 g/mol. The molecular formula is C15H18N2O5S. The van der Waals surface area contributed by atoms with E-state index in [2.05, 4.69) is 0 Å². The molecule has 2 saturated heterocycles. The fourth-order valence-electron chi connectivity index (χ4n) is 3.17. The molecule has 124 valence electrons. The van der Waals surface area contributed by atoms with E-state index in [4.69, 9.17) is 5.11 Å². The fraction of sp³-hybridized carbons (Fsp3) is 0.467. The van der Waals surface area contributed by atoms with Crippen molar-refractivity contribution in [2.45, 2.75) is 23.8 Å². The Balaban J connectivity index is 1.72. The molecule has 1 aromatic rings. The van der Waals surface area contributed by atoms with Gasteiger partial charge in [-0.15, -0.1) is 0 Å². The molecule has 2 unspecified atom stereocenters. The number of hydrogen-bond donors (Lipinski definition) is 1. The van der Waals surface area contributed by atoms with E-state index in [1.807, 2.05) is 0 Å². The first kappa shape index (κ1) is 15.9. The maximum absolute atomic E-state index is 12.6. The van der Waals surface area contributed by atoms with Gasteiger partial charge in [-0.25, -0.2) is 8.42 Å². The van der Waals surface area contributed by atoms with Gasteiger partial charge in [-0.3, -0.25) is 9.59 Å². The van der Waals surface area contributed by atoms with Gasteiger partial charge >= 0.3 is 5.97 Å². The Kier molecular flexibility index (Phi) is 4.11. The van der Waals surface area contributed by atoms with Crippen LogP contribution in [0, 0.1) is 5.92 Å². The first-order valence-corrected chi connectivity index (χ1v) is 8.91. The van der Waals surface area contributed by atoms with Crippen LogP contribution in [-0.2, 0) is 19.6 Å². The fourth-order valence-corrected chi connectivity index (χ4v) is 4.69. The van der Waals surface area contributed by atoms with E-state index >= 15 is 0 Å². The van der Waals surface area contributed by atoms with Gasteiger partial charge in [0, 0.05) is 32.1 Å². The van der Waals surface area contributed by atoms with Crippen LogP contribution < -0.4 is 0 Å². The molecule has 2 fully saturated rings. The lowest BCUT2D eigenvalue weighted by atomic mass is 10.1. The van der Waals surface area contributed by atoms with Crippen LogP contribution in [0.15, 0.2) is 35.2 Å². The second-order valence-electron chi connectivity index (χ2n) is 5.90. The van der Waals surface area contributed by atoms with E-state index in [-0.39, 0.29) is 36.4 Å². The van der Waals surface area contributed by atoms with Gasteiger partial charge in [-0.1, -0.05) is 18.2 Å². The van der Waals surface area contributed by atoms with E-state index in [1.165, 1.54) is 9.21 Å². The largest absolute Gasteiger partial charge is 0.481 e. The average Bonchev–Trinajstić information content (AvgIpc) is 3.15. The highest BCUT2D eigenvalue weighted by Gasteiger charge is 2.42. The number of likely N-dealkylation sites (tertiary alicyclic amines) is 1. The molecule has 0 aromatic heterocycles. The van der Waals surface area contributed by atoms with Crippen molar-refractivity contribution in [1.29, 1.82) is 0 Å². The van der Waals surface area contributed by atoms with Crippen molar-refractivity contribution < 1.29 is 23.1 Å². The van der Waals surface area contributed by atoms with E-state index in [1.54, 1.807) is 30.3 Å². The number of aliphatic carboxylic acids is 1. The summed E-state index contributed by atoms with van der Waals surface area (Å²) in [5, 5.41) is 9.04. The molecule has 0 saturated carbocycles. The number of nitrogens with zero attached hydrogens (tertiary/aromatic N) is 2. The topological polar surface area (TPSA) is 95.0 Å². The second-order valence-corrected chi connectivity index (χ2v) is 7.84. The number of rotatable bonds is 4. The highest BCUT2D eigenvalue weighted by Crippen LogP contribution is 2.28. The third-order valence-electron chi connectivity index (χ3n) is 4.46. The van der Waals surface area contributed by atoms with Crippen LogP contribution in [0.5, 0.6) is 0 Å². The minimum atomic E-state index is -3.57. The van der Waals surface area contributed by atoms with Gasteiger partial charge < -0.3 is 10.0 Å². The Hall–Kier alpha value is -1.93. The van der Waals surface area contributed by atoms with E-state index in [0.717, 1.165) is 0 Å². The molecule has 0 bridgehead atoms. The normalized spacial score (nSPS) is 25.9. The molecule has 1 amide bonds. The number of hydrogen-bond acceptors (Lipinski definition) is 4. The minimum Gasteiger partial charge on any atom is -0.481 e. The maximum atomic E-state index is 12.6. The Morgan fingerprint density at radius 1 is 1.17 bits per heavy atom. The van der Waals surface area contributed by atoms with Crippen LogP contribution in [-0.4, -0.2) is 60.3 Å². The van der Waals surface area contributed by atoms with Gasteiger partial charge in [-0.2, -0.15) is 4.31 Å². The zero-order valence-corrected chi connectivity index (χ0v) is 13.3. The van der Waals surface area contributed by atoms with Crippen molar-refractivity contribution in [3.05, 3.63) is 30.3 Å². The summed E-state index contributed by atoms with van der Waals surface area (Å²) in [5.41, 5.74) is 0. The van der Waals surface area contributed by atoms with Crippen LogP contribution in [0.2, 0.25) is 0 Å². The third-order valence-corrected chi connectivity index (χ3v) is 6.33. The lowest BCUT2D eigenvalue weighted by Gasteiger charge is -2.24. The molecule has 2 atom stereocenters. The minimum absolute atomic E-state index is 0.00271. The Bertz CT molecular complexity index is 719. The van der Waals surface area contributed by atoms with Crippen molar-refractivity contribution >= 4 is 21.9 Å². The summed E-state index contributed by atoms with van der Waals surface area (Å²) in [6.07, 6.45) is 0.529. The van der Waals surface area contributed by atoms with Crippen molar-refractivity contribution in [1.82, 2.24) is 9.21 Å². The van der Waals surface area contributed by atoms with Crippen molar-refractivity contribution in [3.63, 3.8) is 0 Å². The number of sulfonamides is 1. The molecule has 8 heteroatoms. The standard InChI is InChI=1S/C15H18N2O5S/c18-14-8-11(15(19)20)9-17(14)12-6-7-16(10-12)23(21,22)13-4-2-1-3-5-13/h1-5,11-12H,6-10H2,(H,19,20). The number of amides is 1. The molecule has 0 radical (unpaired) electrons. The summed E-state index contributed by atoms with van der Waals surface area (Å²) in [6, 6.07) is 7.93. The maximum Gasteiger partial charge on any atom is 0.308 e. The molecule has 0 aliphatic carbocycles. The van der Waals surface area contributed by atoms with Gasteiger partial charge in [-0.05, 0) is 18.6 Å². The highest BCUT2D eigenvalue weighted by atomic mass is 32.2. The number of benzene rings is 1. The molecule has 0 spiro atoms. The first-order chi connectivity index (χ1) is 10.9. The summed E-state index contributed by atoms with van der Waals surface area (Å²) in [6.45, 7) is 0.719. The molecule has 7 nitrogen and oxygen atoms in total. The summed E-state index contributed by atoms with van der Waals surface area (Å²) < 4.78 is 26.5. The smallest absolute Gasteiger partial charge is 0.308 e. The second kappa shape index (κ2) is 5.93. The van der Waals surface area contributed by atoms with E-state index in [9.17, 15) is 18.0 Å². The first-order valence-electron chi connectivity index (χ1n) is 7.47. The van der Waals surface area contributed by atoms with Crippen LogP contribution in [0.25, 0.3) is 0 Å². The van der Waals surface area contributed by atoms with Crippen molar-refractivity contribution in [3.8, 4) is 0 Å². The van der Waals surface area contributed by atoms with Crippen LogP contribution in [0.1, 0.15) is 12.8 Å². The predicted octanol–water partition coefficient (Wildman–Crippen LogP) is 0.383. The average molecular weight is 338 g/mol. The van der Waals surface area contributed by atoms with Gasteiger partial charge in [0.2, 0.25) is 15.9 Å². The molecule has 1 N–H and O–H groups in total. The molecule has 2 aliphatic heterocycles. The lowest BCUT2D eigenvalue weighted by Crippen LogP contribution is -2.40. The van der Waals surface area contributed by atoms with E-state index < -0.39 is 21.9 Å². The van der Waals surface area contributed by atoms with Crippen LogP contribution in [0.3, 0.4) is 0 Å². The summed E-state index contributed by atoms with van der Waals surface area (Å²) in [5.74, 6) is -1.88. The quantitative estimate of drug-likeness (QED) is 0.856. The number of carboxylic acid groups (broad SMARTS) is 1. The zero-order valence-electron chi connectivity index (χ0n) is 12.5. The summed E-state index contributed by atoms with van der Waals surface area (Å²) >= 11 is 0. The SMILES string of the molecule is O=C(O)C1CC(=O)N(C2CCN(S(=O)(=O)c3ccccc3)C2)C1. The molecule has 23 heavy (non-hydrogen) atoms. The number of carbonyl (C=O) groups is 2. The summed E-state index contributed by atoms with van der Waals surface area (Å²) in [7, 11) is -3.57. The zero-order chi connectivity index (χ0) is 16.6. The Morgan fingerprint density at radius 2 is 1.87 bits per heavy atom. The molecule has 3 rings (SSSR count).